The summed E-state index contributed by atoms with van der Waals surface area (Å²) in [5.74, 6) is -0.310. The van der Waals surface area contributed by atoms with E-state index in [1.165, 1.54) is 0 Å². The zero-order valence-corrected chi connectivity index (χ0v) is 9.97. The highest BCUT2D eigenvalue weighted by Crippen LogP contribution is 2.26. The number of hydrogen-bond donors (Lipinski definition) is 0. The molecule has 0 atom stereocenters. The minimum absolute atomic E-state index is 0.0206. The Morgan fingerprint density at radius 2 is 1.56 bits per heavy atom. The summed E-state index contributed by atoms with van der Waals surface area (Å²) < 4.78 is 0. The molecule has 3 heteroatoms. The number of ketones is 3. The molecule has 0 aromatic rings. The number of rotatable bonds is 6. The van der Waals surface area contributed by atoms with Gasteiger partial charge < -0.3 is 0 Å². The maximum Gasteiger partial charge on any atom is 0.167 e. The van der Waals surface area contributed by atoms with Gasteiger partial charge in [0.15, 0.2) is 17.3 Å². The Hall–Kier alpha value is -1.25. The monoisotopic (exact) mass is 222 g/mol. The zero-order valence-electron chi connectivity index (χ0n) is 9.97. The van der Waals surface area contributed by atoms with E-state index in [2.05, 4.69) is 0 Å². The van der Waals surface area contributed by atoms with Crippen LogP contribution in [0.3, 0.4) is 0 Å². The Morgan fingerprint density at radius 1 is 1.00 bits per heavy atom. The molecule has 88 valence electrons. The minimum Gasteiger partial charge on any atom is -0.295 e. The average Bonchev–Trinajstić information content (AvgIpc) is 2.61. The first-order valence-corrected chi connectivity index (χ1v) is 5.94. The van der Waals surface area contributed by atoms with Crippen molar-refractivity contribution in [3.05, 3.63) is 11.1 Å². The van der Waals surface area contributed by atoms with Crippen LogP contribution in [0, 0.1) is 0 Å². The topological polar surface area (TPSA) is 51.2 Å². The molecule has 0 aromatic carbocycles. The van der Waals surface area contributed by atoms with E-state index in [-0.39, 0.29) is 22.9 Å². The van der Waals surface area contributed by atoms with Gasteiger partial charge in [-0.3, -0.25) is 14.4 Å². The van der Waals surface area contributed by atoms with Crippen molar-refractivity contribution in [2.45, 2.75) is 52.4 Å². The molecular weight excluding hydrogens is 204 g/mol. The highest BCUT2D eigenvalue weighted by atomic mass is 16.2. The van der Waals surface area contributed by atoms with E-state index in [9.17, 15) is 14.4 Å². The third-order valence-electron chi connectivity index (χ3n) is 2.75. The van der Waals surface area contributed by atoms with E-state index >= 15 is 0 Å². The lowest BCUT2D eigenvalue weighted by Gasteiger charge is -2.03. The first kappa shape index (κ1) is 12.8. The number of carbonyl (C=O) groups is 3. The van der Waals surface area contributed by atoms with Crippen molar-refractivity contribution in [3.8, 4) is 0 Å². The van der Waals surface area contributed by atoms with Gasteiger partial charge in [0.1, 0.15) is 0 Å². The minimum atomic E-state index is -0.149. The van der Waals surface area contributed by atoms with Crippen LogP contribution in [0.25, 0.3) is 0 Å². The summed E-state index contributed by atoms with van der Waals surface area (Å²) in [5.41, 5.74) is 0.700. The highest BCUT2D eigenvalue weighted by molar-refractivity contribution is 6.26. The first-order valence-electron chi connectivity index (χ1n) is 5.94. The lowest BCUT2D eigenvalue weighted by molar-refractivity contribution is -0.121. The molecular formula is C13H18O3. The molecule has 0 fully saturated rings. The van der Waals surface area contributed by atoms with Crippen molar-refractivity contribution in [2.24, 2.45) is 0 Å². The number of hydrogen-bond acceptors (Lipinski definition) is 3. The maximum atomic E-state index is 11.7. The summed E-state index contributed by atoms with van der Waals surface area (Å²) >= 11 is 0. The van der Waals surface area contributed by atoms with Crippen LogP contribution in [0.1, 0.15) is 52.4 Å². The second-order valence-electron chi connectivity index (χ2n) is 4.12. The third-order valence-corrected chi connectivity index (χ3v) is 2.75. The van der Waals surface area contributed by atoms with Crippen LogP contribution in [0.15, 0.2) is 11.1 Å². The van der Waals surface area contributed by atoms with Gasteiger partial charge in [0.2, 0.25) is 0 Å². The van der Waals surface area contributed by atoms with Crippen molar-refractivity contribution in [3.63, 3.8) is 0 Å². The molecule has 0 bridgehead atoms. The van der Waals surface area contributed by atoms with Gasteiger partial charge in [-0.1, -0.05) is 13.8 Å². The molecule has 0 spiro atoms. The Labute approximate surface area is 95.9 Å². The van der Waals surface area contributed by atoms with Crippen molar-refractivity contribution in [1.29, 1.82) is 0 Å². The van der Waals surface area contributed by atoms with Gasteiger partial charge >= 0.3 is 0 Å². The summed E-state index contributed by atoms with van der Waals surface area (Å²) in [5, 5.41) is 0. The molecule has 0 aliphatic heterocycles. The van der Waals surface area contributed by atoms with Gasteiger partial charge in [0, 0.05) is 24.8 Å². The summed E-state index contributed by atoms with van der Waals surface area (Å²) in [6, 6.07) is 0. The second kappa shape index (κ2) is 5.73. The second-order valence-corrected chi connectivity index (χ2v) is 4.12. The molecule has 1 rings (SSSR count). The molecule has 0 unspecified atom stereocenters. The van der Waals surface area contributed by atoms with Gasteiger partial charge in [-0.15, -0.1) is 0 Å². The van der Waals surface area contributed by atoms with E-state index in [1.807, 2.05) is 13.8 Å². The summed E-state index contributed by atoms with van der Waals surface area (Å²) in [7, 11) is 0. The molecule has 0 radical (unpaired) electrons. The summed E-state index contributed by atoms with van der Waals surface area (Å²) in [6.45, 7) is 3.81. The summed E-state index contributed by atoms with van der Waals surface area (Å²) in [6.07, 6.45) is 3.06. The molecule has 3 nitrogen and oxygen atoms in total. The quantitative estimate of drug-likeness (QED) is 0.648. The largest absolute Gasteiger partial charge is 0.295 e. The third kappa shape index (κ3) is 2.65. The smallest absolute Gasteiger partial charge is 0.167 e. The van der Waals surface area contributed by atoms with Gasteiger partial charge in [-0.25, -0.2) is 0 Å². The maximum absolute atomic E-state index is 11.7. The van der Waals surface area contributed by atoms with Crippen molar-refractivity contribution < 1.29 is 14.4 Å². The average molecular weight is 222 g/mol. The fourth-order valence-corrected chi connectivity index (χ4v) is 1.99. The molecule has 0 aromatic heterocycles. The van der Waals surface area contributed by atoms with Gasteiger partial charge in [0.25, 0.3) is 0 Å². The standard InChI is InChI=1S/C13H18O3/c1-3-5-10(14)9-7-8-12(16)13(9)11(15)6-4-2/h3-8H2,1-2H3. The van der Waals surface area contributed by atoms with Crippen LogP contribution in [-0.2, 0) is 14.4 Å². The molecule has 0 saturated carbocycles. The predicted molar refractivity (Wildman–Crippen MR) is 61.1 cm³/mol. The fraction of sp³-hybridized carbons (Fsp3) is 0.615. The van der Waals surface area contributed by atoms with Crippen LogP contribution in [-0.4, -0.2) is 17.3 Å². The highest BCUT2D eigenvalue weighted by Gasteiger charge is 2.30. The molecule has 0 amide bonds. The molecule has 1 aliphatic carbocycles. The lowest BCUT2D eigenvalue weighted by Crippen LogP contribution is -2.12. The van der Waals surface area contributed by atoms with E-state index in [0.717, 1.165) is 6.42 Å². The Balaban J connectivity index is 2.95. The number of allylic oxidation sites excluding steroid dienone is 2. The van der Waals surface area contributed by atoms with Gasteiger partial charge in [-0.05, 0) is 19.3 Å². The number of Topliss-reactive ketones (excluding diaryl/α,β-unsaturated/α-hetero) is 3. The lowest BCUT2D eigenvalue weighted by atomic mass is 9.98. The molecule has 1 aliphatic rings. The van der Waals surface area contributed by atoms with Crippen LogP contribution in [0.5, 0.6) is 0 Å². The van der Waals surface area contributed by atoms with E-state index in [4.69, 9.17) is 0 Å². The van der Waals surface area contributed by atoms with Crippen LogP contribution >= 0.6 is 0 Å². The van der Waals surface area contributed by atoms with Crippen LogP contribution in [0.2, 0.25) is 0 Å². The Morgan fingerprint density at radius 3 is 2.12 bits per heavy atom. The van der Waals surface area contributed by atoms with E-state index < -0.39 is 0 Å². The normalized spacial score (nSPS) is 15.8. The zero-order chi connectivity index (χ0) is 12.1. The van der Waals surface area contributed by atoms with Gasteiger partial charge in [0.05, 0.1) is 5.57 Å². The van der Waals surface area contributed by atoms with Gasteiger partial charge in [-0.2, -0.15) is 0 Å². The molecule has 16 heavy (non-hydrogen) atoms. The van der Waals surface area contributed by atoms with Crippen molar-refractivity contribution in [1.82, 2.24) is 0 Å². The SMILES string of the molecule is CCCC(=O)C1=C(C(=O)CCC)C(=O)CC1. The molecule has 0 heterocycles. The van der Waals surface area contributed by atoms with Crippen LogP contribution in [0.4, 0.5) is 0 Å². The molecule has 0 saturated heterocycles. The van der Waals surface area contributed by atoms with Crippen molar-refractivity contribution in [2.75, 3.05) is 0 Å². The summed E-state index contributed by atoms with van der Waals surface area (Å²) in [4.78, 5) is 35.1. The number of carbonyl (C=O) groups excluding carboxylic acids is 3. The Kier molecular flexibility index (Phi) is 4.59. The van der Waals surface area contributed by atoms with E-state index in [0.29, 0.717) is 37.7 Å². The van der Waals surface area contributed by atoms with Crippen molar-refractivity contribution >= 4 is 17.3 Å². The van der Waals surface area contributed by atoms with Crippen LogP contribution < -0.4 is 0 Å². The first-order chi connectivity index (χ1) is 7.61. The Bertz CT molecular complexity index is 350. The van der Waals surface area contributed by atoms with E-state index in [1.54, 1.807) is 0 Å². The molecule has 0 N–H and O–H groups in total. The predicted octanol–water partition coefficient (Wildman–Crippen LogP) is 2.38. The fourth-order valence-electron chi connectivity index (χ4n) is 1.99.